The Labute approximate surface area is 274 Å². The van der Waals surface area contributed by atoms with E-state index in [0.717, 1.165) is 13.8 Å². The second kappa shape index (κ2) is 18.3. The zero-order chi connectivity index (χ0) is 36.5. The van der Waals surface area contributed by atoms with Crippen molar-refractivity contribution in [2.75, 3.05) is 13.2 Å². The largest absolute Gasteiger partial charge is 0.481 e. The van der Waals surface area contributed by atoms with Crippen LogP contribution in [0.25, 0.3) is 0 Å². The summed E-state index contributed by atoms with van der Waals surface area (Å²) in [6, 6.07) is -5.57. The lowest BCUT2D eigenvalue weighted by molar-refractivity contribution is -0.333. The number of aliphatic hydroxyl groups is 5. The van der Waals surface area contributed by atoms with Crippen molar-refractivity contribution < 1.29 is 78.4 Å². The van der Waals surface area contributed by atoms with E-state index in [1.807, 2.05) is 0 Å². The average molecular weight is 696 g/mol. The number of amides is 5. The van der Waals surface area contributed by atoms with Gasteiger partial charge in [0.25, 0.3) is 0 Å². The number of nitrogens with one attached hydrogen (secondary N) is 4. The fourth-order valence-electron chi connectivity index (χ4n) is 5.07. The first-order chi connectivity index (χ1) is 22.4. The van der Waals surface area contributed by atoms with Gasteiger partial charge in [-0.3, -0.25) is 28.8 Å². The molecule has 0 aromatic heterocycles. The molecule has 2 aliphatic heterocycles. The van der Waals surface area contributed by atoms with Crippen LogP contribution < -0.4 is 27.0 Å². The molecule has 0 spiro atoms. The highest BCUT2D eigenvalue weighted by atomic mass is 16.7. The molecule has 0 aliphatic carbocycles. The summed E-state index contributed by atoms with van der Waals surface area (Å²) in [5.41, 5.74) is 5.24. The molecule has 0 radical (unpaired) electrons. The van der Waals surface area contributed by atoms with Crippen LogP contribution in [0.2, 0.25) is 0 Å². The Morgan fingerprint density at radius 1 is 0.812 bits per heavy atom. The Hall–Kier alpha value is -3.54. The van der Waals surface area contributed by atoms with Crippen LogP contribution in [0.5, 0.6) is 0 Å². The van der Waals surface area contributed by atoms with Crippen molar-refractivity contribution in [3.63, 3.8) is 0 Å². The van der Waals surface area contributed by atoms with Gasteiger partial charge >= 0.3 is 5.97 Å². The number of hydrogen-bond donors (Lipinski definition) is 11. The first-order valence-corrected chi connectivity index (χ1v) is 15.0. The third kappa shape index (κ3) is 11.0. The Balaban J connectivity index is 2.34. The van der Waals surface area contributed by atoms with Crippen molar-refractivity contribution in [3.8, 4) is 0 Å². The Morgan fingerprint density at radius 3 is 1.92 bits per heavy atom. The maximum atomic E-state index is 13.1. The number of hydrogen-bond acceptors (Lipinski definition) is 15. The van der Waals surface area contributed by atoms with Gasteiger partial charge in [-0.15, -0.1) is 0 Å². The molecule has 0 aromatic carbocycles. The van der Waals surface area contributed by atoms with Crippen LogP contribution in [0.15, 0.2) is 0 Å². The third-order valence-electron chi connectivity index (χ3n) is 7.55. The highest BCUT2D eigenvalue weighted by molar-refractivity contribution is 5.92. The van der Waals surface area contributed by atoms with Crippen LogP contribution in [0.4, 0.5) is 0 Å². The molecule has 13 atom stereocenters. The Morgan fingerprint density at radius 2 is 1.40 bits per heavy atom. The Kier molecular flexibility index (Phi) is 15.5. The summed E-state index contributed by atoms with van der Waals surface area (Å²) in [7, 11) is 0. The monoisotopic (exact) mass is 695 g/mol. The van der Waals surface area contributed by atoms with Crippen molar-refractivity contribution in [1.82, 2.24) is 21.3 Å². The standard InChI is InChI=1S/C27H45N5O16/c1-9(24(42)32-13(23(28)41)5-6-16(37)38)29-25(43)10(2)45-22-18(31-12(4)36)26(44)46-15(8-34)21(22)48-27-17(30-11(3)35)20(40)19(39)14(7-33)47-27/h9-10,13-15,17-22,26-27,33-34,39-40,44H,5-8H2,1-4H3,(H2,28,41)(H,29,43)(H,30,35)(H,31,36)(H,32,42)(H,37,38)/t9-,10?,13+,14+,15+,17+,18+,19+,20+,21+,22+,26+,27-/m0/s1. The molecule has 2 saturated heterocycles. The predicted molar refractivity (Wildman–Crippen MR) is 156 cm³/mol. The Bertz CT molecular complexity index is 1160. The lowest BCUT2D eigenvalue weighted by Gasteiger charge is -2.48. The van der Waals surface area contributed by atoms with E-state index in [-0.39, 0.29) is 6.42 Å². The molecule has 2 heterocycles. The van der Waals surface area contributed by atoms with E-state index < -0.39 is 135 Å². The van der Waals surface area contributed by atoms with Crippen LogP contribution in [-0.4, -0.2) is 159 Å². The van der Waals surface area contributed by atoms with Gasteiger partial charge in [0.15, 0.2) is 12.6 Å². The lowest BCUT2D eigenvalue weighted by Crippen LogP contribution is -2.70. The summed E-state index contributed by atoms with van der Waals surface area (Å²) in [6.45, 7) is 3.07. The molecule has 2 fully saturated rings. The normalized spacial score (nSPS) is 32.2. The molecule has 21 heteroatoms. The molecule has 1 unspecified atom stereocenters. The van der Waals surface area contributed by atoms with Crippen molar-refractivity contribution in [2.24, 2.45) is 5.73 Å². The van der Waals surface area contributed by atoms with Gasteiger partial charge in [-0.25, -0.2) is 0 Å². The summed E-state index contributed by atoms with van der Waals surface area (Å²) in [5.74, 6) is -5.40. The second-order valence-corrected chi connectivity index (χ2v) is 11.4. The molecule has 48 heavy (non-hydrogen) atoms. The van der Waals surface area contributed by atoms with Gasteiger partial charge in [0.05, 0.1) is 13.2 Å². The quantitative estimate of drug-likeness (QED) is 0.0715. The number of carboxylic acid groups (broad SMARTS) is 1. The van der Waals surface area contributed by atoms with Gasteiger partial charge < -0.3 is 76.6 Å². The SMILES string of the molecule is CC(=O)N[C@@H]1[C@@H](OC(C)C(=O)N[C@@H](C)C(=O)N[C@H](CCC(=O)O)C(N)=O)[C@H](O[C@@H]2O[C@H](CO)[C@@H](O)[C@H](O)[C@H]2NC(C)=O)[C@@H](CO)O[C@H]1O. The van der Waals surface area contributed by atoms with Gasteiger partial charge in [0.1, 0.15) is 66.9 Å². The molecular formula is C27H45N5O16. The molecule has 0 aromatic rings. The van der Waals surface area contributed by atoms with Crippen LogP contribution in [0, 0.1) is 0 Å². The van der Waals surface area contributed by atoms with Crippen molar-refractivity contribution in [2.45, 2.75) is 120 Å². The molecular weight excluding hydrogens is 650 g/mol. The average Bonchev–Trinajstić information content (AvgIpc) is 3.00. The highest BCUT2D eigenvalue weighted by Crippen LogP contribution is 2.31. The first kappa shape index (κ1) is 40.6. The third-order valence-corrected chi connectivity index (χ3v) is 7.55. The smallest absolute Gasteiger partial charge is 0.303 e. The number of carbonyl (C=O) groups excluding carboxylic acids is 5. The van der Waals surface area contributed by atoms with E-state index in [9.17, 15) is 54.3 Å². The summed E-state index contributed by atoms with van der Waals surface area (Å²) < 4.78 is 23.0. The van der Waals surface area contributed by atoms with E-state index in [4.69, 9.17) is 29.8 Å². The number of aliphatic carboxylic acids is 1. The van der Waals surface area contributed by atoms with Gasteiger partial charge in [-0.1, -0.05) is 0 Å². The molecule has 0 saturated carbocycles. The number of ether oxygens (including phenoxy) is 4. The zero-order valence-corrected chi connectivity index (χ0v) is 26.7. The van der Waals surface area contributed by atoms with Crippen molar-refractivity contribution in [1.29, 1.82) is 0 Å². The molecule has 21 nitrogen and oxygen atoms in total. The predicted octanol–water partition coefficient (Wildman–Crippen LogP) is -6.36. The van der Waals surface area contributed by atoms with Crippen LogP contribution in [-0.2, 0) is 47.7 Å². The molecule has 2 aliphatic rings. The molecule has 0 bridgehead atoms. The van der Waals surface area contributed by atoms with Crippen LogP contribution >= 0.6 is 0 Å². The fraction of sp³-hybridized carbons (Fsp3) is 0.778. The van der Waals surface area contributed by atoms with E-state index >= 15 is 0 Å². The van der Waals surface area contributed by atoms with Gasteiger partial charge in [-0.2, -0.15) is 0 Å². The molecule has 12 N–H and O–H groups in total. The van der Waals surface area contributed by atoms with E-state index in [2.05, 4.69) is 21.3 Å². The number of rotatable bonds is 16. The minimum Gasteiger partial charge on any atom is -0.481 e. The minimum atomic E-state index is -1.83. The van der Waals surface area contributed by atoms with Crippen LogP contribution in [0.1, 0.15) is 40.5 Å². The van der Waals surface area contributed by atoms with E-state index in [0.29, 0.717) is 0 Å². The molecule has 274 valence electrons. The molecule has 5 amide bonds. The number of primary amides is 1. The number of aliphatic hydroxyl groups excluding tert-OH is 5. The van der Waals surface area contributed by atoms with E-state index in [1.165, 1.54) is 13.8 Å². The number of carbonyl (C=O) groups is 6. The summed E-state index contributed by atoms with van der Waals surface area (Å²) >= 11 is 0. The number of carboxylic acids is 1. The van der Waals surface area contributed by atoms with Gasteiger partial charge in [0.2, 0.25) is 29.5 Å². The van der Waals surface area contributed by atoms with Crippen LogP contribution in [0.3, 0.4) is 0 Å². The summed E-state index contributed by atoms with van der Waals surface area (Å²) in [4.78, 5) is 72.3. The number of nitrogens with two attached hydrogens (primary N) is 1. The maximum Gasteiger partial charge on any atom is 0.303 e. The maximum absolute atomic E-state index is 13.1. The highest BCUT2D eigenvalue weighted by Gasteiger charge is 2.52. The second-order valence-electron chi connectivity index (χ2n) is 11.4. The lowest BCUT2D eigenvalue weighted by atomic mass is 9.94. The molecule has 2 rings (SSSR count). The summed E-state index contributed by atoms with van der Waals surface area (Å²) in [5, 5.41) is 69.8. The van der Waals surface area contributed by atoms with Crippen molar-refractivity contribution in [3.05, 3.63) is 0 Å². The van der Waals surface area contributed by atoms with E-state index in [1.54, 1.807) is 0 Å². The van der Waals surface area contributed by atoms with Gasteiger partial charge in [0, 0.05) is 20.3 Å². The topological polar surface area (TPSA) is 335 Å². The zero-order valence-electron chi connectivity index (χ0n) is 26.7. The summed E-state index contributed by atoms with van der Waals surface area (Å²) in [6.07, 6.45) is -15.1. The van der Waals surface area contributed by atoms with Crippen molar-refractivity contribution >= 4 is 35.5 Å². The fourth-order valence-corrected chi connectivity index (χ4v) is 5.07. The minimum absolute atomic E-state index is 0.302. The van der Waals surface area contributed by atoms with Gasteiger partial charge in [-0.05, 0) is 20.3 Å². The first-order valence-electron chi connectivity index (χ1n) is 15.0.